The monoisotopic (exact) mass is 245 g/mol. The summed E-state index contributed by atoms with van der Waals surface area (Å²) >= 11 is 0. The first-order valence-corrected chi connectivity index (χ1v) is 5.99. The summed E-state index contributed by atoms with van der Waals surface area (Å²) in [6.07, 6.45) is 0. The van der Waals surface area contributed by atoms with Gasteiger partial charge in [-0.15, -0.1) is 0 Å². The number of rotatable bonds is 4. The summed E-state index contributed by atoms with van der Waals surface area (Å²) in [6, 6.07) is 8.31. The fourth-order valence-electron chi connectivity index (χ4n) is 2.09. The van der Waals surface area contributed by atoms with Crippen LogP contribution in [0.4, 0.5) is 5.69 Å². The number of benzene rings is 1. The molecule has 4 nitrogen and oxygen atoms in total. The van der Waals surface area contributed by atoms with Crippen molar-refractivity contribution in [2.24, 2.45) is 7.05 Å². The Morgan fingerprint density at radius 2 is 2.11 bits per heavy atom. The van der Waals surface area contributed by atoms with Gasteiger partial charge in [-0.05, 0) is 31.5 Å². The van der Waals surface area contributed by atoms with Crippen molar-refractivity contribution < 1.29 is 4.74 Å². The number of nitrogens with zero attached hydrogens (tertiary/aromatic N) is 2. The second kappa shape index (κ2) is 5.12. The van der Waals surface area contributed by atoms with E-state index in [0.29, 0.717) is 6.54 Å². The van der Waals surface area contributed by atoms with E-state index < -0.39 is 0 Å². The van der Waals surface area contributed by atoms with Crippen LogP contribution in [0.25, 0.3) is 0 Å². The predicted octanol–water partition coefficient (Wildman–Crippen LogP) is 2.66. The van der Waals surface area contributed by atoms with E-state index in [1.165, 1.54) is 5.56 Å². The first-order chi connectivity index (χ1) is 8.61. The molecular weight excluding hydrogens is 226 g/mol. The number of hydrogen-bond donors (Lipinski definition) is 1. The van der Waals surface area contributed by atoms with Crippen LogP contribution in [0.1, 0.15) is 16.8 Å². The molecule has 0 aliphatic rings. The number of aromatic nitrogens is 2. The maximum Gasteiger partial charge on any atom is 0.216 e. The Kier molecular flexibility index (Phi) is 3.55. The smallest absolute Gasteiger partial charge is 0.216 e. The van der Waals surface area contributed by atoms with Gasteiger partial charge in [-0.25, -0.2) is 4.68 Å². The van der Waals surface area contributed by atoms with Crippen LogP contribution in [0.2, 0.25) is 0 Å². The highest BCUT2D eigenvalue weighted by Crippen LogP contribution is 2.22. The molecule has 0 saturated carbocycles. The summed E-state index contributed by atoms with van der Waals surface area (Å²) in [5.74, 6) is 0.813. The molecule has 0 aliphatic heterocycles. The van der Waals surface area contributed by atoms with Crippen molar-refractivity contribution >= 4 is 5.69 Å². The van der Waals surface area contributed by atoms with Crippen molar-refractivity contribution in [2.75, 3.05) is 12.4 Å². The number of aryl methyl sites for hydroxylation is 3. The van der Waals surface area contributed by atoms with Gasteiger partial charge in [-0.2, -0.15) is 5.10 Å². The molecule has 1 aromatic heterocycles. The Bertz CT molecular complexity index is 546. The Hall–Kier alpha value is -1.97. The topological polar surface area (TPSA) is 39.1 Å². The lowest BCUT2D eigenvalue weighted by Crippen LogP contribution is -2.03. The van der Waals surface area contributed by atoms with Gasteiger partial charge in [0.25, 0.3) is 0 Å². The zero-order valence-corrected chi connectivity index (χ0v) is 11.3. The van der Waals surface area contributed by atoms with E-state index in [1.807, 2.05) is 20.0 Å². The predicted molar refractivity (Wildman–Crippen MR) is 73.0 cm³/mol. The fourth-order valence-corrected chi connectivity index (χ4v) is 2.09. The average Bonchev–Trinajstić information content (AvgIpc) is 2.60. The first-order valence-electron chi connectivity index (χ1n) is 5.99. The van der Waals surface area contributed by atoms with E-state index in [2.05, 4.69) is 35.5 Å². The summed E-state index contributed by atoms with van der Waals surface area (Å²) in [4.78, 5) is 0. The third-order valence-electron chi connectivity index (χ3n) is 2.97. The summed E-state index contributed by atoms with van der Waals surface area (Å²) < 4.78 is 7.14. The molecule has 0 amide bonds. The quantitative estimate of drug-likeness (QED) is 0.900. The van der Waals surface area contributed by atoms with E-state index in [9.17, 15) is 0 Å². The van der Waals surface area contributed by atoms with Crippen molar-refractivity contribution in [2.45, 2.75) is 20.4 Å². The van der Waals surface area contributed by atoms with Crippen molar-refractivity contribution in [3.63, 3.8) is 0 Å². The van der Waals surface area contributed by atoms with Crippen molar-refractivity contribution in [1.82, 2.24) is 9.78 Å². The Labute approximate surface area is 108 Å². The maximum atomic E-state index is 5.37. The van der Waals surface area contributed by atoms with Crippen LogP contribution in [0.3, 0.4) is 0 Å². The van der Waals surface area contributed by atoms with E-state index in [0.717, 1.165) is 22.8 Å². The molecule has 2 rings (SSSR count). The van der Waals surface area contributed by atoms with Crippen LogP contribution >= 0.6 is 0 Å². The molecule has 96 valence electrons. The highest BCUT2D eigenvalue weighted by atomic mass is 16.5. The van der Waals surface area contributed by atoms with Gasteiger partial charge in [0.1, 0.15) is 0 Å². The molecule has 1 N–H and O–H groups in total. The minimum absolute atomic E-state index is 0.715. The molecule has 18 heavy (non-hydrogen) atoms. The Balaban J connectivity index is 2.15. The molecule has 1 heterocycles. The van der Waals surface area contributed by atoms with Gasteiger partial charge < -0.3 is 10.1 Å². The molecule has 0 radical (unpaired) electrons. The largest absolute Gasteiger partial charge is 0.481 e. The molecule has 0 fully saturated rings. The minimum atomic E-state index is 0.715. The van der Waals surface area contributed by atoms with Crippen LogP contribution in [-0.4, -0.2) is 16.9 Å². The van der Waals surface area contributed by atoms with E-state index in [1.54, 1.807) is 11.8 Å². The van der Waals surface area contributed by atoms with Gasteiger partial charge in [0.05, 0.1) is 18.4 Å². The molecule has 0 spiro atoms. The zero-order valence-electron chi connectivity index (χ0n) is 11.3. The normalized spacial score (nSPS) is 10.4. The molecule has 0 aliphatic carbocycles. The summed E-state index contributed by atoms with van der Waals surface area (Å²) in [7, 11) is 3.56. The van der Waals surface area contributed by atoms with E-state index >= 15 is 0 Å². The highest BCUT2D eigenvalue weighted by molar-refractivity contribution is 5.47. The van der Waals surface area contributed by atoms with Crippen LogP contribution in [0.15, 0.2) is 24.3 Å². The number of methoxy groups -OCH3 is 1. The molecule has 4 heteroatoms. The lowest BCUT2D eigenvalue weighted by atomic mass is 10.2. The first kappa shape index (κ1) is 12.5. The van der Waals surface area contributed by atoms with Crippen LogP contribution < -0.4 is 10.1 Å². The lowest BCUT2D eigenvalue weighted by Gasteiger charge is -2.08. The summed E-state index contributed by atoms with van der Waals surface area (Å²) in [5, 5.41) is 7.76. The van der Waals surface area contributed by atoms with Crippen LogP contribution in [0, 0.1) is 13.8 Å². The van der Waals surface area contributed by atoms with Gasteiger partial charge in [-0.3, -0.25) is 0 Å². The van der Waals surface area contributed by atoms with Crippen molar-refractivity contribution in [1.29, 1.82) is 0 Å². The molecule has 0 atom stereocenters. The van der Waals surface area contributed by atoms with Gasteiger partial charge in [0, 0.05) is 19.3 Å². The SMILES string of the molecule is COc1c(CNc2cccc(C)c2)c(C)nn1C. The van der Waals surface area contributed by atoms with Gasteiger partial charge in [0.15, 0.2) is 0 Å². The maximum absolute atomic E-state index is 5.37. The third kappa shape index (κ3) is 2.47. The molecule has 0 saturated heterocycles. The summed E-state index contributed by atoms with van der Waals surface area (Å²) in [6.45, 7) is 4.79. The van der Waals surface area contributed by atoms with E-state index in [-0.39, 0.29) is 0 Å². The lowest BCUT2D eigenvalue weighted by molar-refractivity contribution is 0.370. The van der Waals surface area contributed by atoms with Gasteiger partial charge >= 0.3 is 0 Å². The van der Waals surface area contributed by atoms with Gasteiger partial charge in [-0.1, -0.05) is 12.1 Å². The highest BCUT2D eigenvalue weighted by Gasteiger charge is 2.13. The fraction of sp³-hybridized carbons (Fsp3) is 0.357. The number of nitrogens with one attached hydrogen (secondary N) is 1. The Morgan fingerprint density at radius 1 is 1.33 bits per heavy atom. The molecule has 0 bridgehead atoms. The number of hydrogen-bond acceptors (Lipinski definition) is 3. The van der Waals surface area contributed by atoms with E-state index in [4.69, 9.17) is 4.74 Å². The summed E-state index contributed by atoms with van der Waals surface area (Å²) in [5.41, 5.74) is 4.45. The van der Waals surface area contributed by atoms with Crippen molar-refractivity contribution in [3.05, 3.63) is 41.1 Å². The zero-order chi connectivity index (χ0) is 13.1. The standard InChI is InChI=1S/C14H19N3O/c1-10-6-5-7-12(8-10)15-9-13-11(2)16-17(3)14(13)18-4/h5-8,15H,9H2,1-4H3. The molecule has 0 unspecified atom stereocenters. The Morgan fingerprint density at radius 3 is 2.78 bits per heavy atom. The second-order valence-corrected chi connectivity index (χ2v) is 4.42. The number of ether oxygens (including phenoxy) is 1. The average molecular weight is 245 g/mol. The van der Waals surface area contributed by atoms with Gasteiger partial charge in [0.2, 0.25) is 5.88 Å². The van der Waals surface area contributed by atoms with Crippen LogP contribution in [0.5, 0.6) is 5.88 Å². The second-order valence-electron chi connectivity index (χ2n) is 4.42. The molecule has 1 aromatic carbocycles. The molecule has 2 aromatic rings. The molecular formula is C14H19N3O. The minimum Gasteiger partial charge on any atom is -0.481 e. The van der Waals surface area contributed by atoms with Crippen LogP contribution in [-0.2, 0) is 13.6 Å². The van der Waals surface area contributed by atoms with Crippen molar-refractivity contribution in [3.8, 4) is 5.88 Å². The third-order valence-corrected chi connectivity index (χ3v) is 2.97. The number of anilines is 1.